The van der Waals surface area contributed by atoms with E-state index < -0.39 is 6.04 Å². The summed E-state index contributed by atoms with van der Waals surface area (Å²) < 4.78 is 5.36. The molecule has 0 aliphatic carbocycles. The first-order valence-corrected chi connectivity index (χ1v) is 4.58. The van der Waals surface area contributed by atoms with Gasteiger partial charge in [0.1, 0.15) is 24.1 Å². The van der Waals surface area contributed by atoms with Crippen molar-refractivity contribution in [2.24, 2.45) is 5.73 Å². The second-order valence-electron chi connectivity index (χ2n) is 3.47. The molecular formula is C10H13ClN2O3. The van der Waals surface area contributed by atoms with Gasteiger partial charge in [-0.05, 0) is 12.1 Å². The predicted octanol–water partition coefficient (Wildman–Crippen LogP) is 0.497. The van der Waals surface area contributed by atoms with Crippen LogP contribution in [0.4, 0.5) is 5.69 Å². The highest BCUT2D eigenvalue weighted by atomic mass is 35.5. The summed E-state index contributed by atoms with van der Waals surface area (Å²) in [6.45, 7) is 0.154. The number of rotatable bonds is 0. The van der Waals surface area contributed by atoms with Gasteiger partial charge in [-0.15, -0.1) is 12.4 Å². The summed E-state index contributed by atoms with van der Waals surface area (Å²) in [5, 5.41) is 9.33. The number of ether oxygens (including phenoxy) is 1. The van der Waals surface area contributed by atoms with Gasteiger partial charge in [-0.3, -0.25) is 4.79 Å². The highest BCUT2D eigenvalue weighted by Gasteiger charge is 2.26. The number of nitrogens with two attached hydrogens (primary N) is 1. The summed E-state index contributed by atoms with van der Waals surface area (Å²) in [5.74, 6) is 0.420. The summed E-state index contributed by atoms with van der Waals surface area (Å²) >= 11 is 0. The van der Waals surface area contributed by atoms with Gasteiger partial charge in [0.25, 0.3) is 0 Å². The number of benzene rings is 1. The Labute approximate surface area is 99.2 Å². The maximum absolute atomic E-state index is 11.7. The van der Waals surface area contributed by atoms with Gasteiger partial charge in [-0.1, -0.05) is 0 Å². The lowest BCUT2D eigenvalue weighted by Crippen LogP contribution is -2.43. The van der Waals surface area contributed by atoms with Crippen LogP contribution in [0.25, 0.3) is 0 Å². The Hall–Kier alpha value is -1.46. The monoisotopic (exact) mass is 244 g/mol. The summed E-state index contributed by atoms with van der Waals surface area (Å²) in [5.41, 5.74) is 6.14. The minimum atomic E-state index is -0.662. The normalized spacial score (nSPS) is 19.2. The molecule has 1 atom stereocenters. The fourth-order valence-corrected chi connectivity index (χ4v) is 1.51. The molecule has 3 N–H and O–H groups in total. The number of carbonyl (C=O) groups excluding carboxylic acids is 1. The van der Waals surface area contributed by atoms with E-state index in [1.807, 2.05) is 0 Å². The number of carbonyl (C=O) groups is 1. The van der Waals surface area contributed by atoms with Gasteiger partial charge in [-0.25, -0.2) is 0 Å². The Balaban J connectivity index is 0.00000128. The quantitative estimate of drug-likeness (QED) is 0.697. The molecule has 0 bridgehead atoms. The zero-order valence-corrected chi connectivity index (χ0v) is 9.53. The lowest BCUT2D eigenvalue weighted by molar-refractivity contribution is -0.119. The third-order valence-corrected chi connectivity index (χ3v) is 2.37. The molecule has 0 saturated carbocycles. The van der Waals surface area contributed by atoms with E-state index >= 15 is 0 Å². The van der Waals surface area contributed by atoms with Gasteiger partial charge in [0.05, 0.1) is 5.69 Å². The number of hydrogen-bond acceptors (Lipinski definition) is 4. The van der Waals surface area contributed by atoms with E-state index in [0.717, 1.165) is 0 Å². The Morgan fingerprint density at radius 3 is 2.94 bits per heavy atom. The first-order chi connectivity index (χ1) is 7.09. The van der Waals surface area contributed by atoms with Crippen molar-refractivity contribution in [3.63, 3.8) is 0 Å². The third kappa shape index (κ3) is 2.05. The van der Waals surface area contributed by atoms with E-state index in [4.69, 9.17) is 10.5 Å². The first kappa shape index (κ1) is 12.6. The molecule has 1 amide bonds. The third-order valence-electron chi connectivity index (χ3n) is 2.37. The van der Waals surface area contributed by atoms with Gasteiger partial charge in [0.15, 0.2) is 0 Å². The number of phenols is 1. The van der Waals surface area contributed by atoms with Crippen molar-refractivity contribution < 1.29 is 14.6 Å². The van der Waals surface area contributed by atoms with Crippen LogP contribution < -0.4 is 15.4 Å². The molecule has 1 heterocycles. The molecule has 16 heavy (non-hydrogen) atoms. The van der Waals surface area contributed by atoms with Crippen molar-refractivity contribution in [1.82, 2.24) is 0 Å². The zero-order valence-electron chi connectivity index (χ0n) is 8.71. The van der Waals surface area contributed by atoms with Gasteiger partial charge in [0.2, 0.25) is 5.91 Å². The van der Waals surface area contributed by atoms with Gasteiger partial charge in [0, 0.05) is 13.1 Å². The molecule has 1 aliphatic rings. The predicted molar refractivity (Wildman–Crippen MR) is 62.2 cm³/mol. The minimum absolute atomic E-state index is 0. The Morgan fingerprint density at radius 1 is 1.56 bits per heavy atom. The Kier molecular flexibility index (Phi) is 3.62. The van der Waals surface area contributed by atoms with Crippen LogP contribution >= 0.6 is 12.4 Å². The molecule has 2 rings (SSSR count). The number of fused-ring (bicyclic) bond motifs is 1. The molecule has 0 fully saturated rings. The van der Waals surface area contributed by atoms with Crippen LogP contribution in [-0.2, 0) is 4.79 Å². The second kappa shape index (κ2) is 4.59. The summed E-state index contributed by atoms with van der Waals surface area (Å²) in [7, 11) is 1.61. The SMILES string of the molecule is CN1C(=O)[C@@H](N)COc2ccc(O)cc21.Cl. The number of hydrogen-bond donors (Lipinski definition) is 2. The number of aromatic hydroxyl groups is 1. The smallest absolute Gasteiger partial charge is 0.247 e. The zero-order chi connectivity index (χ0) is 11.0. The van der Waals surface area contributed by atoms with E-state index in [-0.39, 0.29) is 30.7 Å². The number of nitrogens with zero attached hydrogens (tertiary/aromatic N) is 1. The summed E-state index contributed by atoms with van der Waals surface area (Å²) in [6, 6.07) is 3.94. The largest absolute Gasteiger partial charge is 0.508 e. The summed E-state index contributed by atoms with van der Waals surface area (Å²) in [6.07, 6.45) is 0. The number of halogens is 1. The van der Waals surface area contributed by atoms with E-state index in [0.29, 0.717) is 11.4 Å². The molecule has 0 radical (unpaired) electrons. The fraction of sp³-hybridized carbons (Fsp3) is 0.300. The van der Waals surface area contributed by atoms with E-state index in [1.54, 1.807) is 13.1 Å². The van der Waals surface area contributed by atoms with E-state index in [1.165, 1.54) is 17.0 Å². The van der Waals surface area contributed by atoms with Crippen LogP contribution in [0.1, 0.15) is 0 Å². The van der Waals surface area contributed by atoms with Gasteiger partial charge < -0.3 is 20.5 Å². The number of likely N-dealkylation sites (N-methyl/N-ethyl adjacent to an activating group) is 1. The second-order valence-corrected chi connectivity index (χ2v) is 3.47. The number of amides is 1. The Morgan fingerprint density at radius 2 is 2.25 bits per heavy atom. The highest BCUT2D eigenvalue weighted by Crippen LogP contribution is 2.33. The van der Waals surface area contributed by atoms with Crippen molar-refractivity contribution in [1.29, 1.82) is 0 Å². The van der Waals surface area contributed by atoms with Crippen LogP contribution in [0, 0.1) is 0 Å². The minimum Gasteiger partial charge on any atom is -0.508 e. The average molecular weight is 245 g/mol. The first-order valence-electron chi connectivity index (χ1n) is 4.58. The number of anilines is 1. The molecule has 5 nitrogen and oxygen atoms in total. The maximum Gasteiger partial charge on any atom is 0.247 e. The standard InChI is InChI=1S/C10H12N2O3.ClH/c1-12-8-4-6(13)2-3-9(8)15-5-7(11)10(12)14;/h2-4,7,13H,5,11H2,1H3;1H/t7-;/m0./s1. The van der Waals surface area contributed by atoms with Crippen molar-refractivity contribution in [2.45, 2.75) is 6.04 Å². The molecule has 0 spiro atoms. The van der Waals surface area contributed by atoms with E-state index in [9.17, 15) is 9.90 Å². The molecular weight excluding hydrogens is 232 g/mol. The van der Waals surface area contributed by atoms with Crippen LogP contribution in [0.15, 0.2) is 18.2 Å². The van der Waals surface area contributed by atoms with Crippen molar-refractivity contribution in [2.75, 3.05) is 18.6 Å². The highest BCUT2D eigenvalue weighted by molar-refractivity contribution is 5.98. The average Bonchev–Trinajstić information content (AvgIpc) is 2.32. The molecule has 6 heteroatoms. The maximum atomic E-state index is 11.7. The molecule has 1 aromatic carbocycles. The Bertz CT molecular complexity index is 411. The lowest BCUT2D eigenvalue weighted by Gasteiger charge is -2.17. The van der Waals surface area contributed by atoms with Gasteiger partial charge in [-0.2, -0.15) is 0 Å². The molecule has 1 aromatic rings. The molecule has 0 saturated heterocycles. The van der Waals surface area contributed by atoms with Gasteiger partial charge >= 0.3 is 0 Å². The van der Waals surface area contributed by atoms with Crippen molar-refractivity contribution in [3.8, 4) is 11.5 Å². The van der Waals surface area contributed by atoms with Crippen molar-refractivity contribution in [3.05, 3.63) is 18.2 Å². The molecule has 1 aliphatic heterocycles. The van der Waals surface area contributed by atoms with Crippen molar-refractivity contribution >= 4 is 24.0 Å². The topological polar surface area (TPSA) is 75.8 Å². The number of phenolic OH excluding ortho intramolecular Hbond substituents is 1. The van der Waals surface area contributed by atoms with Crippen LogP contribution in [0.5, 0.6) is 11.5 Å². The lowest BCUT2D eigenvalue weighted by atomic mass is 10.2. The summed E-state index contributed by atoms with van der Waals surface area (Å²) in [4.78, 5) is 13.1. The van der Waals surface area contributed by atoms with Crippen LogP contribution in [0.2, 0.25) is 0 Å². The van der Waals surface area contributed by atoms with Crippen LogP contribution in [-0.4, -0.2) is 30.7 Å². The molecule has 0 aromatic heterocycles. The van der Waals surface area contributed by atoms with Crippen LogP contribution in [0.3, 0.4) is 0 Å². The molecule has 0 unspecified atom stereocenters. The fourth-order valence-electron chi connectivity index (χ4n) is 1.51. The van der Waals surface area contributed by atoms with E-state index in [2.05, 4.69) is 0 Å². The molecule has 88 valence electrons.